The van der Waals surface area contributed by atoms with E-state index in [4.69, 9.17) is 0 Å². The summed E-state index contributed by atoms with van der Waals surface area (Å²) in [5.41, 5.74) is -4.36. The van der Waals surface area contributed by atoms with Gasteiger partial charge in [0.2, 0.25) is 0 Å². The summed E-state index contributed by atoms with van der Waals surface area (Å²) in [5.74, 6) is 0.00901. The number of benzene rings is 1. The smallest absolute Gasteiger partial charge is 0.298 e. The van der Waals surface area contributed by atoms with Crippen molar-refractivity contribution in [3.8, 4) is 0 Å². The lowest BCUT2D eigenvalue weighted by molar-refractivity contribution is -0.0436. The van der Waals surface area contributed by atoms with Crippen molar-refractivity contribution >= 4 is 32.2 Å². The van der Waals surface area contributed by atoms with Crippen molar-refractivity contribution in [2.45, 2.75) is 36.6 Å². The molecular formula is C16H15F3N2O3S2. The van der Waals surface area contributed by atoms with Crippen molar-refractivity contribution in [1.82, 2.24) is 4.98 Å². The molecule has 0 saturated carbocycles. The molecule has 1 aromatic heterocycles. The monoisotopic (exact) mass is 404 g/mol. The van der Waals surface area contributed by atoms with E-state index in [1.54, 1.807) is 0 Å². The molecule has 140 valence electrons. The maximum absolute atomic E-state index is 12.5. The van der Waals surface area contributed by atoms with E-state index in [0.29, 0.717) is 11.0 Å². The molecule has 0 aliphatic heterocycles. The van der Waals surface area contributed by atoms with Gasteiger partial charge in [0.05, 0.1) is 10.6 Å². The Morgan fingerprint density at radius 3 is 2.54 bits per heavy atom. The van der Waals surface area contributed by atoms with Crippen LogP contribution in [-0.4, -0.2) is 24.8 Å². The number of fused-ring (bicyclic) bond motifs is 1. The lowest BCUT2D eigenvalue weighted by atomic mass is 9.93. The van der Waals surface area contributed by atoms with Gasteiger partial charge in [-0.1, -0.05) is 6.92 Å². The Kier molecular flexibility index (Phi) is 4.82. The van der Waals surface area contributed by atoms with Gasteiger partial charge >= 0.3 is 5.51 Å². The van der Waals surface area contributed by atoms with Gasteiger partial charge < -0.3 is 0 Å². The van der Waals surface area contributed by atoms with Crippen molar-refractivity contribution < 1.29 is 26.4 Å². The van der Waals surface area contributed by atoms with Crippen LogP contribution in [0.2, 0.25) is 0 Å². The van der Waals surface area contributed by atoms with Crippen LogP contribution in [0.1, 0.15) is 34.3 Å². The first-order valence-electron chi connectivity index (χ1n) is 7.79. The minimum absolute atomic E-state index is 0.0488. The van der Waals surface area contributed by atoms with Crippen molar-refractivity contribution in [3.63, 3.8) is 0 Å². The number of carbonyl (C=O) groups is 1. The number of anilines is 1. The molecule has 1 aliphatic rings. The summed E-state index contributed by atoms with van der Waals surface area (Å²) in [6.07, 6.45) is 2.80. The molecule has 1 aromatic carbocycles. The molecule has 1 N–H and O–H groups in total. The van der Waals surface area contributed by atoms with E-state index >= 15 is 0 Å². The molecule has 1 unspecified atom stereocenters. The van der Waals surface area contributed by atoms with E-state index in [1.807, 2.05) is 0 Å². The summed E-state index contributed by atoms with van der Waals surface area (Å²) in [5, 5.41) is 3.05. The number of alkyl halides is 3. The molecule has 10 heteroatoms. The van der Waals surface area contributed by atoms with Crippen LogP contribution in [0.15, 0.2) is 29.2 Å². The molecule has 5 nitrogen and oxygen atoms in total. The Bertz CT molecular complexity index is 935. The highest BCUT2D eigenvalue weighted by atomic mass is 32.2. The van der Waals surface area contributed by atoms with Gasteiger partial charge in [-0.3, -0.25) is 10.1 Å². The number of halogens is 3. The number of thiazole rings is 1. The summed E-state index contributed by atoms with van der Waals surface area (Å²) in [4.78, 5) is 16.8. The molecule has 0 bridgehead atoms. The van der Waals surface area contributed by atoms with Crippen molar-refractivity contribution in [3.05, 3.63) is 40.4 Å². The molecule has 0 spiro atoms. The third-order valence-corrected chi connectivity index (χ3v) is 6.68. The molecule has 1 aliphatic carbocycles. The zero-order valence-corrected chi connectivity index (χ0v) is 15.3. The number of aromatic nitrogens is 1. The van der Waals surface area contributed by atoms with Crippen LogP contribution in [0.4, 0.5) is 18.3 Å². The first kappa shape index (κ1) is 18.8. The third-order valence-electron chi connectivity index (χ3n) is 4.14. The normalized spacial score (nSPS) is 17.6. The molecule has 1 atom stereocenters. The fraction of sp³-hybridized carbons (Fsp3) is 0.375. The van der Waals surface area contributed by atoms with Gasteiger partial charge in [-0.15, -0.1) is 11.3 Å². The highest BCUT2D eigenvalue weighted by molar-refractivity contribution is 7.92. The van der Waals surface area contributed by atoms with E-state index in [9.17, 15) is 26.4 Å². The van der Waals surface area contributed by atoms with E-state index in [2.05, 4.69) is 17.2 Å². The zero-order chi connectivity index (χ0) is 19.1. The molecule has 3 rings (SSSR count). The van der Waals surface area contributed by atoms with Crippen molar-refractivity contribution in [1.29, 1.82) is 0 Å². The highest BCUT2D eigenvalue weighted by Gasteiger charge is 2.46. The number of hydrogen-bond donors (Lipinski definition) is 1. The van der Waals surface area contributed by atoms with Gasteiger partial charge in [0, 0.05) is 10.4 Å². The maximum Gasteiger partial charge on any atom is 0.501 e. The van der Waals surface area contributed by atoms with Crippen molar-refractivity contribution in [2.24, 2.45) is 5.92 Å². The summed E-state index contributed by atoms with van der Waals surface area (Å²) in [7, 11) is -5.43. The maximum atomic E-state index is 12.5. The molecule has 0 fully saturated rings. The third kappa shape index (κ3) is 3.61. The predicted octanol–water partition coefficient (Wildman–Crippen LogP) is 3.81. The number of aryl methyl sites for hydroxylation is 1. The van der Waals surface area contributed by atoms with Crippen LogP contribution in [0.3, 0.4) is 0 Å². The molecule has 1 heterocycles. The number of amides is 1. The topological polar surface area (TPSA) is 76.1 Å². The summed E-state index contributed by atoms with van der Waals surface area (Å²) >= 11 is 1.39. The molecule has 2 aromatic rings. The van der Waals surface area contributed by atoms with E-state index in [1.165, 1.54) is 11.3 Å². The zero-order valence-electron chi connectivity index (χ0n) is 13.6. The Balaban J connectivity index is 1.75. The second kappa shape index (κ2) is 6.66. The number of sulfone groups is 1. The number of nitrogens with one attached hydrogen (secondary N) is 1. The second-order valence-electron chi connectivity index (χ2n) is 6.16. The predicted molar refractivity (Wildman–Crippen MR) is 90.9 cm³/mol. The molecule has 0 saturated heterocycles. The quantitative estimate of drug-likeness (QED) is 0.844. The minimum atomic E-state index is -5.43. The average molecular weight is 404 g/mol. The molecule has 26 heavy (non-hydrogen) atoms. The fourth-order valence-electron chi connectivity index (χ4n) is 2.68. The second-order valence-corrected chi connectivity index (χ2v) is 9.19. The average Bonchev–Trinajstić information content (AvgIpc) is 2.95. The first-order valence-corrected chi connectivity index (χ1v) is 10.1. The fourth-order valence-corrected chi connectivity index (χ4v) is 4.61. The van der Waals surface area contributed by atoms with E-state index < -0.39 is 26.1 Å². The number of hydrogen-bond acceptors (Lipinski definition) is 5. The number of rotatable bonds is 3. The van der Waals surface area contributed by atoms with Crippen LogP contribution in [0, 0.1) is 5.92 Å². The Morgan fingerprint density at radius 2 is 1.92 bits per heavy atom. The van der Waals surface area contributed by atoms with Gasteiger partial charge in [-0.05, 0) is 49.4 Å². The summed E-state index contributed by atoms with van der Waals surface area (Å²) < 4.78 is 60.3. The van der Waals surface area contributed by atoms with Crippen LogP contribution >= 0.6 is 11.3 Å². The number of carbonyl (C=O) groups excluding carboxylic acids is 1. The van der Waals surface area contributed by atoms with Gasteiger partial charge in [0.15, 0.2) is 5.13 Å². The Hall–Kier alpha value is -1.94. The van der Waals surface area contributed by atoms with E-state index in [0.717, 1.165) is 54.1 Å². The van der Waals surface area contributed by atoms with Gasteiger partial charge in [0.25, 0.3) is 15.7 Å². The Morgan fingerprint density at radius 1 is 1.27 bits per heavy atom. The lowest BCUT2D eigenvalue weighted by Crippen LogP contribution is -2.23. The first-order chi connectivity index (χ1) is 12.1. The molecular weight excluding hydrogens is 389 g/mol. The Labute approximate surface area is 152 Å². The SMILES string of the molecule is CC1CCc2nc(NC(=O)c3ccc(S(=O)(=O)C(F)(F)F)cc3)sc2C1. The minimum Gasteiger partial charge on any atom is -0.298 e. The van der Waals surface area contributed by atoms with Crippen LogP contribution < -0.4 is 5.32 Å². The van der Waals surface area contributed by atoms with E-state index in [-0.39, 0.29) is 5.56 Å². The van der Waals surface area contributed by atoms with Crippen LogP contribution in [0.25, 0.3) is 0 Å². The summed E-state index contributed by atoms with van der Waals surface area (Å²) in [6.45, 7) is 2.15. The lowest BCUT2D eigenvalue weighted by Gasteiger charge is -2.15. The van der Waals surface area contributed by atoms with Crippen molar-refractivity contribution in [2.75, 3.05) is 5.32 Å². The highest BCUT2D eigenvalue weighted by Crippen LogP contribution is 2.33. The molecule has 1 amide bonds. The number of nitrogens with zero attached hydrogens (tertiary/aromatic N) is 1. The summed E-state index contributed by atoms with van der Waals surface area (Å²) in [6, 6.07) is 3.63. The molecule has 0 radical (unpaired) electrons. The standard InChI is InChI=1S/C16H15F3N2O3S2/c1-9-2-7-12-13(8-9)25-15(20-12)21-14(22)10-3-5-11(6-4-10)26(23,24)16(17,18)19/h3-6,9H,2,7-8H2,1H3,(H,20,21,22). The van der Waals surface area contributed by atoms with Gasteiger partial charge in [0.1, 0.15) is 0 Å². The van der Waals surface area contributed by atoms with Crippen LogP contribution in [-0.2, 0) is 22.7 Å². The van der Waals surface area contributed by atoms with Gasteiger partial charge in [-0.25, -0.2) is 13.4 Å². The largest absolute Gasteiger partial charge is 0.501 e. The van der Waals surface area contributed by atoms with Gasteiger partial charge in [-0.2, -0.15) is 13.2 Å². The van der Waals surface area contributed by atoms with Crippen LogP contribution in [0.5, 0.6) is 0 Å².